The Hall–Kier alpha value is -0.580. The van der Waals surface area contributed by atoms with E-state index in [9.17, 15) is 0 Å². The molecule has 4 heteroatoms. The first-order valence-corrected chi connectivity index (χ1v) is 7.76. The Morgan fingerprint density at radius 3 is 2.63 bits per heavy atom. The maximum atomic E-state index is 9.17. The quantitative estimate of drug-likeness (QED) is 0.719. The van der Waals surface area contributed by atoms with Gasteiger partial charge in [0.1, 0.15) is 0 Å². The Bertz CT molecular complexity index is 382. The van der Waals surface area contributed by atoms with Gasteiger partial charge in [0.2, 0.25) is 0 Å². The molecule has 0 heterocycles. The number of hydrogen-bond donors (Lipinski definition) is 2. The van der Waals surface area contributed by atoms with Crippen molar-refractivity contribution in [2.75, 3.05) is 24.6 Å². The molecule has 0 aliphatic rings. The average molecular weight is 329 g/mol. The summed E-state index contributed by atoms with van der Waals surface area (Å²) in [4.78, 5) is 2.20. The second-order valence-corrected chi connectivity index (χ2v) is 5.83. The summed E-state index contributed by atoms with van der Waals surface area (Å²) < 4.78 is 1.09. The molecule has 108 valence electrons. The van der Waals surface area contributed by atoms with E-state index in [1.807, 2.05) is 0 Å². The SMILES string of the molecule is CCCNCc1ccc(N(CCO)C(C)C)c(Br)c1. The van der Waals surface area contributed by atoms with Crippen LogP contribution in [0, 0.1) is 0 Å². The van der Waals surface area contributed by atoms with Gasteiger partial charge in [-0.3, -0.25) is 0 Å². The summed E-state index contributed by atoms with van der Waals surface area (Å²) in [6.45, 7) is 9.21. The fraction of sp³-hybridized carbons (Fsp3) is 0.600. The molecule has 0 aliphatic carbocycles. The fourth-order valence-electron chi connectivity index (χ4n) is 2.07. The number of nitrogens with zero attached hydrogens (tertiary/aromatic N) is 1. The van der Waals surface area contributed by atoms with Gasteiger partial charge < -0.3 is 15.3 Å². The maximum Gasteiger partial charge on any atom is 0.0606 e. The number of aliphatic hydroxyl groups excluding tert-OH is 1. The molecule has 1 aromatic rings. The van der Waals surface area contributed by atoms with Crippen LogP contribution in [0.2, 0.25) is 0 Å². The van der Waals surface area contributed by atoms with Crippen LogP contribution in [0.5, 0.6) is 0 Å². The summed E-state index contributed by atoms with van der Waals surface area (Å²) in [5.74, 6) is 0. The number of nitrogens with one attached hydrogen (secondary N) is 1. The number of hydrogen-bond acceptors (Lipinski definition) is 3. The van der Waals surface area contributed by atoms with Gasteiger partial charge >= 0.3 is 0 Å². The van der Waals surface area contributed by atoms with Gasteiger partial charge in [-0.2, -0.15) is 0 Å². The highest BCUT2D eigenvalue weighted by atomic mass is 79.9. The van der Waals surface area contributed by atoms with E-state index in [1.54, 1.807) is 0 Å². The molecule has 0 aliphatic heterocycles. The van der Waals surface area contributed by atoms with Gasteiger partial charge in [0.25, 0.3) is 0 Å². The minimum Gasteiger partial charge on any atom is -0.395 e. The summed E-state index contributed by atoms with van der Waals surface area (Å²) in [5.41, 5.74) is 2.42. The third-order valence-electron chi connectivity index (χ3n) is 3.04. The normalized spacial score (nSPS) is 11.1. The average Bonchev–Trinajstić information content (AvgIpc) is 2.37. The molecule has 0 bridgehead atoms. The van der Waals surface area contributed by atoms with E-state index in [4.69, 9.17) is 5.11 Å². The van der Waals surface area contributed by atoms with Crippen molar-refractivity contribution in [2.24, 2.45) is 0 Å². The smallest absolute Gasteiger partial charge is 0.0606 e. The van der Waals surface area contributed by atoms with Gasteiger partial charge in [-0.05, 0) is 60.4 Å². The lowest BCUT2D eigenvalue weighted by Gasteiger charge is -2.29. The Morgan fingerprint density at radius 2 is 2.11 bits per heavy atom. The van der Waals surface area contributed by atoms with Crippen LogP contribution in [0.15, 0.2) is 22.7 Å². The van der Waals surface area contributed by atoms with Crippen LogP contribution in [0.4, 0.5) is 5.69 Å². The molecule has 0 radical (unpaired) electrons. The lowest BCUT2D eigenvalue weighted by molar-refractivity contribution is 0.299. The molecule has 0 atom stereocenters. The Morgan fingerprint density at radius 1 is 1.37 bits per heavy atom. The number of anilines is 1. The molecule has 0 fully saturated rings. The summed E-state index contributed by atoms with van der Waals surface area (Å²) in [5, 5.41) is 12.6. The van der Waals surface area contributed by atoms with Crippen LogP contribution < -0.4 is 10.2 Å². The van der Waals surface area contributed by atoms with Crippen molar-refractivity contribution in [1.29, 1.82) is 0 Å². The van der Waals surface area contributed by atoms with E-state index in [1.165, 1.54) is 5.56 Å². The van der Waals surface area contributed by atoms with Crippen LogP contribution in [-0.2, 0) is 6.54 Å². The molecule has 1 rings (SSSR count). The standard InChI is InChI=1S/C15H25BrN2O/c1-4-7-17-11-13-5-6-15(14(16)10-13)18(8-9-19)12(2)3/h5-6,10,12,17,19H,4,7-9,11H2,1-3H3. The van der Waals surface area contributed by atoms with Crippen LogP contribution in [-0.4, -0.2) is 30.8 Å². The van der Waals surface area contributed by atoms with Gasteiger partial charge in [0.05, 0.1) is 12.3 Å². The molecule has 1 aromatic carbocycles. The van der Waals surface area contributed by atoms with E-state index < -0.39 is 0 Å². The number of benzene rings is 1. The molecular formula is C15H25BrN2O. The predicted octanol–water partition coefficient (Wildman–Crippen LogP) is 3.16. The van der Waals surface area contributed by atoms with E-state index in [0.717, 1.165) is 29.7 Å². The van der Waals surface area contributed by atoms with Crippen molar-refractivity contribution in [3.63, 3.8) is 0 Å². The fourth-order valence-corrected chi connectivity index (χ4v) is 2.72. The van der Waals surface area contributed by atoms with Crippen LogP contribution >= 0.6 is 15.9 Å². The van der Waals surface area contributed by atoms with Gasteiger partial charge in [-0.15, -0.1) is 0 Å². The summed E-state index contributed by atoms with van der Waals surface area (Å²) in [7, 11) is 0. The van der Waals surface area contributed by atoms with Crippen molar-refractivity contribution in [3.8, 4) is 0 Å². The molecular weight excluding hydrogens is 304 g/mol. The first kappa shape index (κ1) is 16.5. The topological polar surface area (TPSA) is 35.5 Å². The lowest BCUT2D eigenvalue weighted by atomic mass is 10.1. The summed E-state index contributed by atoms with van der Waals surface area (Å²) in [6.07, 6.45) is 1.15. The summed E-state index contributed by atoms with van der Waals surface area (Å²) in [6, 6.07) is 6.80. The highest BCUT2D eigenvalue weighted by Gasteiger charge is 2.13. The van der Waals surface area contributed by atoms with Crippen molar-refractivity contribution in [3.05, 3.63) is 28.2 Å². The molecule has 0 aromatic heterocycles. The Balaban J connectivity index is 2.80. The zero-order chi connectivity index (χ0) is 14.3. The Labute approximate surface area is 125 Å². The molecule has 2 N–H and O–H groups in total. The van der Waals surface area contributed by atoms with Crippen LogP contribution in [0.25, 0.3) is 0 Å². The lowest BCUT2D eigenvalue weighted by Crippen LogP contribution is -2.33. The van der Waals surface area contributed by atoms with E-state index in [2.05, 4.69) is 65.1 Å². The second kappa shape index (κ2) is 8.56. The number of halogens is 1. The Kier molecular flexibility index (Phi) is 7.42. The zero-order valence-electron chi connectivity index (χ0n) is 12.1. The highest BCUT2D eigenvalue weighted by molar-refractivity contribution is 9.10. The van der Waals surface area contributed by atoms with E-state index in [0.29, 0.717) is 12.6 Å². The largest absolute Gasteiger partial charge is 0.395 e. The van der Waals surface area contributed by atoms with Crippen molar-refractivity contribution >= 4 is 21.6 Å². The molecule has 0 saturated carbocycles. The molecule has 19 heavy (non-hydrogen) atoms. The van der Waals surface area contributed by atoms with Crippen molar-refractivity contribution in [2.45, 2.75) is 39.8 Å². The summed E-state index contributed by atoms with van der Waals surface area (Å²) >= 11 is 3.64. The van der Waals surface area contributed by atoms with Crippen molar-refractivity contribution in [1.82, 2.24) is 5.32 Å². The number of aliphatic hydroxyl groups is 1. The van der Waals surface area contributed by atoms with Crippen LogP contribution in [0.1, 0.15) is 32.8 Å². The number of rotatable bonds is 8. The van der Waals surface area contributed by atoms with Gasteiger partial charge in [-0.1, -0.05) is 13.0 Å². The molecule has 0 saturated heterocycles. The van der Waals surface area contributed by atoms with Crippen molar-refractivity contribution < 1.29 is 5.11 Å². The monoisotopic (exact) mass is 328 g/mol. The minimum absolute atomic E-state index is 0.171. The maximum absolute atomic E-state index is 9.17. The van der Waals surface area contributed by atoms with Gasteiger partial charge in [0.15, 0.2) is 0 Å². The van der Waals surface area contributed by atoms with Gasteiger partial charge in [-0.25, -0.2) is 0 Å². The van der Waals surface area contributed by atoms with E-state index >= 15 is 0 Å². The minimum atomic E-state index is 0.171. The third kappa shape index (κ3) is 5.13. The predicted molar refractivity (Wildman–Crippen MR) is 85.7 cm³/mol. The molecule has 3 nitrogen and oxygen atoms in total. The first-order chi connectivity index (χ1) is 9.10. The zero-order valence-corrected chi connectivity index (χ0v) is 13.7. The third-order valence-corrected chi connectivity index (χ3v) is 3.68. The van der Waals surface area contributed by atoms with E-state index in [-0.39, 0.29) is 6.61 Å². The second-order valence-electron chi connectivity index (χ2n) is 4.97. The van der Waals surface area contributed by atoms with Gasteiger partial charge in [0, 0.05) is 23.6 Å². The molecule has 0 unspecified atom stereocenters. The first-order valence-electron chi connectivity index (χ1n) is 6.96. The molecule has 0 spiro atoms. The highest BCUT2D eigenvalue weighted by Crippen LogP contribution is 2.28. The molecule has 0 amide bonds. The van der Waals surface area contributed by atoms with Crippen LogP contribution in [0.3, 0.4) is 0 Å².